The van der Waals surface area contributed by atoms with Crippen LogP contribution in [-0.2, 0) is 18.9 Å². The third kappa shape index (κ3) is 4.91. The van der Waals surface area contributed by atoms with Gasteiger partial charge in [-0.3, -0.25) is 0 Å². The summed E-state index contributed by atoms with van der Waals surface area (Å²) in [7, 11) is 3.20. The van der Waals surface area contributed by atoms with Crippen LogP contribution in [0.15, 0.2) is 0 Å². The van der Waals surface area contributed by atoms with E-state index in [0.717, 1.165) is 0 Å². The average Bonchev–Trinajstić information content (AvgIpc) is 2.13. The number of hydrogen-bond acceptors (Lipinski definition) is 4. The van der Waals surface area contributed by atoms with Gasteiger partial charge in [-0.15, -0.1) is 0 Å². The minimum atomic E-state index is -0.618. The first-order valence-corrected chi connectivity index (χ1v) is 4.84. The Balaban J connectivity index is 4.09. The van der Waals surface area contributed by atoms with Crippen molar-refractivity contribution in [3.63, 3.8) is 0 Å². The highest BCUT2D eigenvalue weighted by atomic mass is 16.7. The summed E-state index contributed by atoms with van der Waals surface area (Å²) in [5.41, 5.74) is 0. The van der Waals surface area contributed by atoms with Crippen LogP contribution in [0.5, 0.6) is 0 Å². The first kappa shape index (κ1) is 13.8. The highest BCUT2D eigenvalue weighted by molar-refractivity contribution is 4.61. The van der Waals surface area contributed by atoms with Crippen LogP contribution in [-0.4, -0.2) is 39.0 Å². The molecule has 0 aliphatic rings. The molecule has 4 heteroatoms. The maximum absolute atomic E-state index is 5.62. The molecule has 4 nitrogen and oxygen atoms in total. The quantitative estimate of drug-likeness (QED) is 0.595. The highest BCUT2D eigenvalue weighted by Crippen LogP contribution is 2.16. The van der Waals surface area contributed by atoms with E-state index in [1.165, 1.54) is 0 Å². The minimum absolute atomic E-state index is 0.171. The molecule has 14 heavy (non-hydrogen) atoms. The van der Waals surface area contributed by atoms with Crippen molar-refractivity contribution in [3.8, 4) is 0 Å². The molecule has 0 saturated heterocycles. The summed E-state index contributed by atoms with van der Waals surface area (Å²) in [5.74, 6) is -0.618. The van der Waals surface area contributed by atoms with Crippen LogP contribution in [0.2, 0.25) is 0 Å². The molecule has 0 aromatic rings. The molecule has 0 aromatic heterocycles. The van der Waals surface area contributed by atoms with Crippen LogP contribution >= 0.6 is 0 Å². The zero-order chi connectivity index (χ0) is 11.2. The summed E-state index contributed by atoms with van der Waals surface area (Å²) in [6.45, 7) is 8.11. The molecular weight excluding hydrogens is 184 g/mol. The molecule has 0 fully saturated rings. The van der Waals surface area contributed by atoms with Gasteiger partial charge in [0.25, 0.3) is 0 Å². The van der Waals surface area contributed by atoms with Gasteiger partial charge in [-0.25, -0.2) is 0 Å². The number of hydrogen-bond donors (Lipinski definition) is 0. The lowest BCUT2D eigenvalue weighted by Crippen LogP contribution is -2.39. The summed E-state index contributed by atoms with van der Waals surface area (Å²) in [5, 5.41) is 0. The van der Waals surface area contributed by atoms with Gasteiger partial charge in [0.2, 0.25) is 0 Å². The van der Waals surface area contributed by atoms with Crippen molar-refractivity contribution in [2.45, 2.75) is 45.9 Å². The molecule has 0 amide bonds. The molecule has 86 valence electrons. The van der Waals surface area contributed by atoms with E-state index in [4.69, 9.17) is 18.9 Å². The van der Waals surface area contributed by atoms with E-state index < -0.39 is 5.79 Å². The second kappa shape index (κ2) is 6.35. The smallest absolute Gasteiger partial charge is 0.183 e. The first-order chi connectivity index (χ1) is 6.46. The van der Waals surface area contributed by atoms with Gasteiger partial charge in [-0.1, -0.05) is 0 Å². The Hall–Kier alpha value is -0.160. The monoisotopic (exact) mass is 206 g/mol. The summed E-state index contributed by atoms with van der Waals surface area (Å²) in [6.07, 6.45) is -0.524. The van der Waals surface area contributed by atoms with E-state index in [2.05, 4.69) is 0 Å². The Morgan fingerprint density at radius 1 is 1.21 bits per heavy atom. The Morgan fingerprint density at radius 3 is 2.14 bits per heavy atom. The van der Waals surface area contributed by atoms with E-state index in [9.17, 15) is 0 Å². The summed E-state index contributed by atoms with van der Waals surface area (Å²) in [4.78, 5) is 0. The number of ether oxygens (including phenoxy) is 4. The van der Waals surface area contributed by atoms with E-state index in [1.807, 2.05) is 27.7 Å². The first-order valence-electron chi connectivity index (χ1n) is 4.84. The van der Waals surface area contributed by atoms with Gasteiger partial charge in [0.15, 0.2) is 12.1 Å². The van der Waals surface area contributed by atoms with E-state index in [-0.39, 0.29) is 12.4 Å². The Bertz CT molecular complexity index is 147. The molecule has 0 aliphatic carbocycles. The molecule has 0 aliphatic heterocycles. The molecule has 0 heterocycles. The molecule has 2 atom stereocenters. The van der Waals surface area contributed by atoms with Crippen molar-refractivity contribution in [1.29, 1.82) is 0 Å². The lowest BCUT2D eigenvalue weighted by molar-refractivity contribution is -0.274. The van der Waals surface area contributed by atoms with E-state index in [0.29, 0.717) is 6.61 Å². The van der Waals surface area contributed by atoms with Crippen molar-refractivity contribution < 1.29 is 18.9 Å². The molecule has 0 saturated carbocycles. The van der Waals surface area contributed by atoms with Gasteiger partial charge in [-0.2, -0.15) is 0 Å². The number of methoxy groups -OCH3 is 2. The molecule has 0 bridgehead atoms. The molecule has 0 rings (SSSR count). The van der Waals surface area contributed by atoms with Crippen molar-refractivity contribution in [1.82, 2.24) is 0 Å². The zero-order valence-corrected chi connectivity index (χ0v) is 9.99. The largest absolute Gasteiger partial charge is 0.354 e. The highest BCUT2D eigenvalue weighted by Gasteiger charge is 2.26. The fourth-order valence-corrected chi connectivity index (χ4v) is 1.11. The predicted octanol–water partition coefficient (Wildman–Crippen LogP) is 1.78. The van der Waals surface area contributed by atoms with Crippen LogP contribution < -0.4 is 0 Å². The Morgan fingerprint density at radius 2 is 1.79 bits per heavy atom. The van der Waals surface area contributed by atoms with Crippen molar-refractivity contribution in [2.75, 3.05) is 20.8 Å². The molecule has 0 aromatic carbocycles. The minimum Gasteiger partial charge on any atom is -0.354 e. The van der Waals surface area contributed by atoms with Gasteiger partial charge >= 0.3 is 0 Å². The Kier molecular flexibility index (Phi) is 6.27. The molecule has 0 N–H and O–H groups in total. The van der Waals surface area contributed by atoms with Crippen LogP contribution in [0.1, 0.15) is 27.7 Å². The van der Waals surface area contributed by atoms with Crippen LogP contribution in [0.3, 0.4) is 0 Å². The van der Waals surface area contributed by atoms with Gasteiger partial charge in [0.1, 0.15) is 6.10 Å². The molecule has 0 spiro atoms. The fourth-order valence-electron chi connectivity index (χ4n) is 1.11. The van der Waals surface area contributed by atoms with E-state index in [1.54, 1.807) is 14.2 Å². The fraction of sp³-hybridized carbons (Fsp3) is 1.00. The van der Waals surface area contributed by atoms with Gasteiger partial charge in [-0.05, 0) is 27.7 Å². The maximum atomic E-state index is 5.62. The van der Waals surface area contributed by atoms with Crippen LogP contribution in [0.25, 0.3) is 0 Å². The average molecular weight is 206 g/mol. The molecule has 0 radical (unpaired) electrons. The predicted molar refractivity (Wildman–Crippen MR) is 54.1 cm³/mol. The summed E-state index contributed by atoms with van der Waals surface area (Å²) in [6, 6.07) is 0. The third-order valence-electron chi connectivity index (χ3n) is 1.91. The summed E-state index contributed by atoms with van der Waals surface area (Å²) >= 11 is 0. The van der Waals surface area contributed by atoms with Crippen LogP contribution in [0, 0.1) is 0 Å². The van der Waals surface area contributed by atoms with Gasteiger partial charge < -0.3 is 18.9 Å². The van der Waals surface area contributed by atoms with Crippen molar-refractivity contribution in [3.05, 3.63) is 0 Å². The van der Waals surface area contributed by atoms with Crippen LogP contribution in [0.4, 0.5) is 0 Å². The van der Waals surface area contributed by atoms with E-state index >= 15 is 0 Å². The standard InChI is InChI=1S/C10H22O4/c1-7-13-9(11-5)8(2)14-10(3,4)12-6/h8-9H,7H2,1-6H3/t8-,9-/m0/s1. The lowest BCUT2D eigenvalue weighted by Gasteiger charge is -2.31. The normalized spacial score (nSPS) is 16.7. The molecule has 0 unspecified atom stereocenters. The maximum Gasteiger partial charge on any atom is 0.183 e. The van der Waals surface area contributed by atoms with Crippen molar-refractivity contribution in [2.24, 2.45) is 0 Å². The second-order valence-corrected chi connectivity index (χ2v) is 3.49. The SMILES string of the molecule is CCO[C@H](OC)[C@H](C)OC(C)(C)OC. The third-order valence-corrected chi connectivity index (χ3v) is 1.91. The Labute approximate surface area is 86.5 Å². The zero-order valence-electron chi connectivity index (χ0n) is 9.99. The number of rotatable bonds is 7. The second-order valence-electron chi connectivity index (χ2n) is 3.49. The topological polar surface area (TPSA) is 36.9 Å². The lowest BCUT2D eigenvalue weighted by atomic mass is 10.3. The van der Waals surface area contributed by atoms with Crippen molar-refractivity contribution >= 4 is 0 Å². The van der Waals surface area contributed by atoms with Gasteiger partial charge in [0.05, 0.1) is 0 Å². The molecular formula is C10H22O4. The van der Waals surface area contributed by atoms with Gasteiger partial charge in [0, 0.05) is 20.8 Å². The summed E-state index contributed by atoms with van der Waals surface area (Å²) < 4.78 is 21.2.